The van der Waals surface area contributed by atoms with Crippen LogP contribution in [0.5, 0.6) is 0 Å². The van der Waals surface area contributed by atoms with E-state index >= 15 is 0 Å². The Morgan fingerprint density at radius 2 is 1.55 bits per heavy atom. The first-order valence-corrected chi connectivity index (χ1v) is 6.41. The third kappa shape index (κ3) is 1.11. The fourth-order valence-electron chi connectivity index (χ4n) is 3.83. The van der Waals surface area contributed by atoms with Crippen LogP contribution in [0.25, 0.3) is 0 Å². The summed E-state index contributed by atoms with van der Waals surface area (Å²) >= 11 is 0. The van der Waals surface area contributed by atoms with Crippen LogP contribution in [0.1, 0.15) is 27.7 Å². The maximum atomic E-state index is 11.5. The van der Waals surface area contributed by atoms with Gasteiger partial charge in [0.15, 0.2) is 6.10 Å². The fourth-order valence-corrected chi connectivity index (χ4v) is 3.83. The van der Waals surface area contributed by atoms with E-state index in [1.54, 1.807) is 0 Å². The van der Waals surface area contributed by atoms with Crippen molar-refractivity contribution < 1.29 is 35.1 Å². The van der Waals surface area contributed by atoms with Gasteiger partial charge in [0.05, 0.1) is 13.2 Å². The average molecular weight is 290 g/mol. The van der Waals surface area contributed by atoms with Crippen molar-refractivity contribution in [3.05, 3.63) is 0 Å². The molecule has 0 radical (unpaired) electrons. The first-order chi connectivity index (χ1) is 8.80. The molecule has 0 bridgehead atoms. The molecule has 20 heavy (non-hydrogen) atoms. The van der Waals surface area contributed by atoms with Gasteiger partial charge in [-0.25, -0.2) is 4.79 Å². The van der Waals surface area contributed by atoms with Crippen molar-refractivity contribution in [2.45, 2.75) is 56.7 Å². The molecular formula is C13H22O7. The van der Waals surface area contributed by atoms with Crippen LogP contribution in [-0.4, -0.2) is 67.6 Å². The van der Waals surface area contributed by atoms with Crippen molar-refractivity contribution in [1.29, 1.82) is 0 Å². The van der Waals surface area contributed by atoms with Gasteiger partial charge < -0.3 is 30.3 Å². The summed E-state index contributed by atoms with van der Waals surface area (Å²) in [5.41, 5.74) is -9.04. The van der Waals surface area contributed by atoms with Crippen LogP contribution in [0.2, 0.25) is 0 Å². The summed E-state index contributed by atoms with van der Waals surface area (Å²) in [6.07, 6.45) is -3.31. The van der Waals surface area contributed by atoms with Crippen molar-refractivity contribution in [3.8, 4) is 0 Å². The number of hydrogen-bond donors (Lipinski definition) is 5. The summed E-state index contributed by atoms with van der Waals surface area (Å²) < 4.78 is 4.37. The molecule has 2 fully saturated rings. The maximum absolute atomic E-state index is 11.5. The number of ether oxygens (including phenoxy) is 1. The normalized spacial score (nSPS) is 49.4. The summed E-state index contributed by atoms with van der Waals surface area (Å²) in [4.78, 5) is 11.5. The van der Waals surface area contributed by atoms with Crippen LogP contribution in [0.4, 0.5) is 0 Å². The van der Waals surface area contributed by atoms with E-state index in [0.717, 1.165) is 7.11 Å². The molecule has 0 aromatic rings. The molecule has 0 aliphatic heterocycles. The summed E-state index contributed by atoms with van der Waals surface area (Å²) in [6, 6.07) is 0. The Morgan fingerprint density at radius 1 is 1.15 bits per heavy atom. The highest BCUT2D eigenvalue weighted by molar-refractivity contribution is 5.79. The Balaban J connectivity index is 2.47. The lowest BCUT2D eigenvalue weighted by Crippen LogP contribution is -2.51. The highest BCUT2D eigenvalue weighted by Crippen LogP contribution is 2.79. The van der Waals surface area contributed by atoms with E-state index in [1.807, 2.05) is 0 Å². The average Bonchev–Trinajstić information content (AvgIpc) is 2.96. The maximum Gasteiger partial charge on any atom is 0.337 e. The van der Waals surface area contributed by atoms with Gasteiger partial charge in [0.25, 0.3) is 0 Å². The summed E-state index contributed by atoms with van der Waals surface area (Å²) in [5, 5.41) is 51.8. The molecule has 7 heteroatoms. The molecule has 0 heterocycles. The molecule has 5 atom stereocenters. The highest BCUT2D eigenvalue weighted by Gasteiger charge is 3.00. The van der Waals surface area contributed by atoms with E-state index in [2.05, 4.69) is 4.74 Å². The molecule has 2 aliphatic rings. The molecule has 2 aliphatic carbocycles. The number of hydrogen-bond acceptors (Lipinski definition) is 7. The van der Waals surface area contributed by atoms with Gasteiger partial charge in [0.2, 0.25) is 0 Å². The van der Waals surface area contributed by atoms with Gasteiger partial charge in [0, 0.05) is 10.8 Å². The Kier molecular flexibility index (Phi) is 2.77. The molecule has 2 saturated carbocycles. The van der Waals surface area contributed by atoms with Gasteiger partial charge in [-0.15, -0.1) is 0 Å². The number of methoxy groups -OCH3 is 1. The molecule has 0 spiro atoms. The second kappa shape index (κ2) is 3.53. The smallest absolute Gasteiger partial charge is 0.337 e. The van der Waals surface area contributed by atoms with Gasteiger partial charge >= 0.3 is 5.97 Å². The number of rotatable bonds is 3. The second-order valence-corrected chi connectivity index (χ2v) is 6.92. The predicted octanol–water partition coefficient (Wildman–Crippen LogP) is -1.85. The van der Waals surface area contributed by atoms with E-state index in [1.165, 1.54) is 27.7 Å². The topological polar surface area (TPSA) is 127 Å². The van der Waals surface area contributed by atoms with Crippen molar-refractivity contribution in [3.63, 3.8) is 0 Å². The van der Waals surface area contributed by atoms with Crippen molar-refractivity contribution in [2.24, 2.45) is 10.8 Å². The Labute approximate surface area is 116 Å². The van der Waals surface area contributed by atoms with E-state index in [-0.39, 0.29) is 0 Å². The SMILES string of the molecule is COC(=O)[C@H](O)[C@]1(O)C(C)(C)[C@@]1(O)[C@]1(O)C(O)C1(C)C. The van der Waals surface area contributed by atoms with Gasteiger partial charge in [0.1, 0.15) is 16.8 Å². The van der Waals surface area contributed by atoms with E-state index in [9.17, 15) is 30.3 Å². The van der Waals surface area contributed by atoms with E-state index in [4.69, 9.17) is 0 Å². The molecule has 2 rings (SSSR count). The molecule has 0 amide bonds. The fraction of sp³-hybridized carbons (Fsp3) is 0.923. The molecule has 0 aromatic carbocycles. The molecule has 0 saturated heterocycles. The number of aliphatic hydroxyl groups is 5. The predicted molar refractivity (Wildman–Crippen MR) is 66.4 cm³/mol. The quantitative estimate of drug-likeness (QED) is 0.386. The van der Waals surface area contributed by atoms with Crippen LogP contribution in [0.15, 0.2) is 0 Å². The zero-order valence-corrected chi connectivity index (χ0v) is 12.2. The Morgan fingerprint density at radius 3 is 1.85 bits per heavy atom. The Hall–Kier alpha value is -0.730. The summed E-state index contributed by atoms with van der Waals surface area (Å²) in [5.74, 6) is -1.12. The number of carbonyl (C=O) groups is 1. The van der Waals surface area contributed by atoms with Crippen LogP contribution < -0.4 is 0 Å². The van der Waals surface area contributed by atoms with Gasteiger partial charge in [-0.3, -0.25) is 0 Å². The third-order valence-electron chi connectivity index (χ3n) is 5.70. The monoisotopic (exact) mass is 290 g/mol. The van der Waals surface area contributed by atoms with Crippen LogP contribution in [0.3, 0.4) is 0 Å². The van der Waals surface area contributed by atoms with E-state index < -0.39 is 45.8 Å². The molecule has 7 nitrogen and oxygen atoms in total. The molecule has 5 N–H and O–H groups in total. The summed E-state index contributed by atoms with van der Waals surface area (Å²) in [7, 11) is 1.04. The second-order valence-electron chi connectivity index (χ2n) is 6.92. The van der Waals surface area contributed by atoms with Gasteiger partial charge in [-0.05, 0) is 0 Å². The van der Waals surface area contributed by atoms with Crippen LogP contribution in [-0.2, 0) is 9.53 Å². The minimum absolute atomic E-state index is 1.04. The largest absolute Gasteiger partial charge is 0.467 e. The van der Waals surface area contributed by atoms with Crippen molar-refractivity contribution >= 4 is 5.97 Å². The number of esters is 1. The first-order valence-electron chi connectivity index (χ1n) is 6.41. The zero-order valence-electron chi connectivity index (χ0n) is 12.2. The standard InChI is InChI=1S/C13H22O7/c1-9(2)8(16)12(9,18)13(19)10(3,4)11(13,17)6(14)7(15)20-5/h6,8,14,16-19H,1-5H3/t6-,8?,11-,12-,13-/m0/s1. The molecule has 0 aromatic heterocycles. The van der Waals surface area contributed by atoms with Crippen LogP contribution in [0, 0.1) is 10.8 Å². The van der Waals surface area contributed by atoms with Gasteiger partial charge in [-0.2, -0.15) is 0 Å². The van der Waals surface area contributed by atoms with Crippen LogP contribution >= 0.6 is 0 Å². The first kappa shape index (κ1) is 15.7. The minimum atomic E-state index is -2.31. The molecule has 1 unspecified atom stereocenters. The van der Waals surface area contributed by atoms with Gasteiger partial charge in [-0.1, -0.05) is 27.7 Å². The zero-order chi connectivity index (χ0) is 15.9. The number of carbonyl (C=O) groups excluding carboxylic acids is 1. The lowest BCUT2D eigenvalue weighted by atomic mass is 9.93. The third-order valence-corrected chi connectivity index (χ3v) is 5.70. The van der Waals surface area contributed by atoms with Crippen molar-refractivity contribution in [2.75, 3.05) is 7.11 Å². The lowest BCUT2D eigenvalue weighted by molar-refractivity contribution is -0.171. The summed E-state index contributed by atoms with van der Waals surface area (Å²) in [6.45, 7) is 5.85. The van der Waals surface area contributed by atoms with Crippen molar-refractivity contribution in [1.82, 2.24) is 0 Å². The Bertz CT molecular complexity index is 473. The highest BCUT2D eigenvalue weighted by atomic mass is 16.5. The molecular weight excluding hydrogens is 268 g/mol. The minimum Gasteiger partial charge on any atom is -0.467 e. The van der Waals surface area contributed by atoms with E-state index in [0.29, 0.717) is 0 Å². The lowest BCUT2D eigenvalue weighted by Gasteiger charge is -2.26. The molecule has 116 valence electrons. The number of aliphatic hydroxyl groups excluding tert-OH is 2.